The third-order valence-electron chi connectivity index (χ3n) is 3.85. The van der Waals surface area contributed by atoms with Gasteiger partial charge >= 0.3 is 0 Å². The fourth-order valence-corrected chi connectivity index (χ4v) is 3.50. The Morgan fingerprint density at radius 1 is 1.28 bits per heavy atom. The van der Waals surface area contributed by atoms with Gasteiger partial charge in [-0.05, 0) is 37.3 Å². The van der Waals surface area contributed by atoms with Crippen LogP contribution >= 0.6 is 11.3 Å². The van der Waals surface area contributed by atoms with Crippen molar-refractivity contribution < 1.29 is 14.3 Å². The van der Waals surface area contributed by atoms with Gasteiger partial charge in [-0.25, -0.2) is 4.98 Å². The van der Waals surface area contributed by atoms with Crippen molar-refractivity contribution in [1.82, 2.24) is 15.3 Å². The van der Waals surface area contributed by atoms with Gasteiger partial charge in [-0.2, -0.15) is 0 Å². The fraction of sp³-hybridized carbons (Fsp3) is 0.167. The van der Waals surface area contributed by atoms with Gasteiger partial charge in [-0.1, -0.05) is 0 Å². The van der Waals surface area contributed by atoms with E-state index in [1.54, 1.807) is 41.9 Å². The summed E-state index contributed by atoms with van der Waals surface area (Å²) in [4.78, 5) is 22.1. The topological polar surface area (TPSA) is 73.3 Å². The zero-order valence-electron chi connectivity index (χ0n) is 13.5. The van der Waals surface area contributed by atoms with Gasteiger partial charge in [0.05, 0.1) is 12.2 Å². The summed E-state index contributed by atoms with van der Waals surface area (Å²) in [5, 5.41) is 3.83. The Morgan fingerprint density at radius 3 is 3.00 bits per heavy atom. The third kappa shape index (κ3) is 3.18. The number of aromatic nitrogens is 2. The molecule has 1 aromatic carbocycles. The van der Waals surface area contributed by atoms with Gasteiger partial charge in [0.25, 0.3) is 5.91 Å². The van der Waals surface area contributed by atoms with E-state index in [0.29, 0.717) is 23.6 Å². The lowest BCUT2D eigenvalue weighted by Crippen LogP contribution is -2.22. The lowest BCUT2D eigenvalue weighted by Gasteiger charge is -2.05. The molecular formula is C18H15N3O3S. The van der Waals surface area contributed by atoms with E-state index >= 15 is 0 Å². The first kappa shape index (κ1) is 15.6. The molecule has 2 aromatic heterocycles. The maximum Gasteiger partial charge on any atom is 0.251 e. The van der Waals surface area contributed by atoms with Crippen molar-refractivity contribution in [1.29, 1.82) is 0 Å². The number of carbonyl (C=O) groups excluding carboxylic acids is 1. The zero-order valence-corrected chi connectivity index (χ0v) is 14.3. The van der Waals surface area contributed by atoms with Crippen LogP contribution in [0.3, 0.4) is 0 Å². The number of hydrogen-bond donors (Lipinski definition) is 1. The average Bonchev–Trinajstić information content (AvgIpc) is 3.26. The molecular weight excluding hydrogens is 338 g/mol. The number of nitrogens with zero attached hydrogens (tertiary/aromatic N) is 2. The lowest BCUT2D eigenvalue weighted by atomic mass is 10.2. The average molecular weight is 353 g/mol. The Hall–Kier alpha value is -2.93. The highest BCUT2D eigenvalue weighted by Crippen LogP contribution is 2.32. The van der Waals surface area contributed by atoms with Gasteiger partial charge < -0.3 is 14.8 Å². The Labute approximate surface area is 148 Å². The van der Waals surface area contributed by atoms with E-state index in [0.717, 1.165) is 21.1 Å². The van der Waals surface area contributed by atoms with Crippen LogP contribution in [0, 0.1) is 6.92 Å². The van der Waals surface area contributed by atoms with Gasteiger partial charge in [0.1, 0.15) is 5.01 Å². The zero-order chi connectivity index (χ0) is 17.2. The summed E-state index contributed by atoms with van der Waals surface area (Å²) in [5.41, 5.74) is 2.43. The first-order valence-corrected chi connectivity index (χ1v) is 8.57. The van der Waals surface area contributed by atoms with Crippen molar-refractivity contribution in [3.63, 3.8) is 0 Å². The highest BCUT2D eigenvalue weighted by molar-refractivity contribution is 7.15. The first-order chi connectivity index (χ1) is 12.2. The molecule has 0 spiro atoms. The molecule has 0 bridgehead atoms. The van der Waals surface area contributed by atoms with Crippen LogP contribution in [0.1, 0.15) is 20.9 Å². The number of aryl methyl sites for hydroxylation is 1. The van der Waals surface area contributed by atoms with E-state index in [1.165, 1.54) is 0 Å². The van der Waals surface area contributed by atoms with Crippen molar-refractivity contribution in [3.05, 3.63) is 58.9 Å². The van der Waals surface area contributed by atoms with Crippen molar-refractivity contribution in [2.75, 3.05) is 6.79 Å². The molecule has 0 radical (unpaired) electrons. The molecule has 25 heavy (non-hydrogen) atoms. The first-order valence-electron chi connectivity index (χ1n) is 7.75. The minimum Gasteiger partial charge on any atom is -0.454 e. The Bertz CT molecular complexity index is 925. The number of thiazole rings is 1. The summed E-state index contributed by atoms with van der Waals surface area (Å²) in [6, 6.07) is 9.02. The molecule has 1 amide bonds. The van der Waals surface area contributed by atoms with Crippen LogP contribution in [0.25, 0.3) is 10.6 Å². The van der Waals surface area contributed by atoms with Crippen LogP contribution in [-0.4, -0.2) is 22.7 Å². The second kappa shape index (κ2) is 6.52. The molecule has 0 unspecified atom stereocenters. The number of nitrogens with one attached hydrogen (secondary N) is 1. The summed E-state index contributed by atoms with van der Waals surface area (Å²) >= 11 is 1.56. The van der Waals surface area contributed by atoms with Crippen molar-refractivity contribution in [3.8, 4) is 22.1 Å². The number of pyridine rings is 1. The van der Waals surface area contributed by atoms with Crippen LogP contribution in [-0.2, 0) is 6.54 Å². The molecule has 0 saturated heterocycles. The van der Waals surface area contributed by atoms with E-state index in [4.69, 9.17) is 9.47 Å². The second-order valence-electron chi connectivity index (χ2n) is 5.52. The molecule has 3 heterocycles. The number of fused-ring (bicyclic) bond motifs is 1. The number of hydrogen-bond acceptors (Lipinski definition) is 6. The lowest BCUT2D eigenvalue weighted by molar-refractivity contribution is 0.0951. The fourth-order valence-electron chi connectivity index (χ4n) is 2.51. The van der Waals surface area contributed by atoms with Crippen LogP contribution in [0.5, 0.6) is 11.5 Å². The summed E-state index contributed by atoms with van der Waals surface area (Å²) in [5.74, 6) is 1.10. The molecule has 1 aliphatic rings. The van der Waals surface area contributed by atoms with Crippen LogP contribution in [0.4, 0.5) is 0 Å². The van der Waals surface area contributed by atoms with Crippen molar-refractivity contribution in [2.45, 2.75) is 13.5 Å². The molecule has 4 rings (SSSR count). The molecule has 0 saturated carbocycles. The Balaban J connectivity index is 1.46. The monoisotopic (exact) mass is 353 g/mol. The molecule has 7 heteroatoms. The van der Waals surface area contributed by atoms with Gasteiger partial charge in [0, 0.05) is 28.4 Å². The highest BCUT2D eigenvalue weighted by Gasteiger charge is 2.17. The standard InChI is InChI=1S/C18H15N3O3S/c1-11-16(25-18(21-11)13-3-2-6-19-8-13)9-20-17(22)12-4-5-14-15(7-12)24-10-23-14/h2-8H,9-10H2,1H3,(H,20,22). The van der Waals surface area contributed by atoms with Crippen molar-refractivity contribution >= 4 is 17.2 Å². The number of amides is 1. The molecule has 0 fully saturated rings. The minimum atomic E-state index is -0.158. The third-order valence-corrected chi connectivity index (χ3v) is 5.05. The van der Waals surface area contributed by atoms with E-state index in [1.807, 2.05) is 19.1 Å². The molecule has 0 atom stereocenters. The number of carbonyl (C=O) groups is 1. The maximum atomic E-state index is 12.4. The normalized spacial score (nSPS) is 12.2. The number of rotatable bonds is 4. The smallest absolute Gasteiger partial charge is 0.251 e. The second-order valence-corrected chi connectivity index (χ2v) is 6.60. The molecule has 1 N–H and O–H groups in total. The summed E-state index contributed by atoms with van der Waals surface area (Å²) < 4.78 is 10.6. The molecule has 0 aliphatic carbocycles. The quantitative estimate of drug-likeness (QED) is 0.780. The number of benzene rings is 1. The van der Waals surface area contributed by atoms with Crippen LogP contribution < -0.4 is 14.8 Å². The van der Waals surface area contributed by atoms with Gasteiger partial charge in [-0.3, -0.25) is 9.78 Å². The maximum absolute atomic E-state index is 12.4. The molecule has 1 aliphatic heterocycles. The predicted molar refractivity (Wildman–Crippen MR) is 93.8 cm³/mol. The minimum absolute atomic E-state index is 0.158. The van der Waals surface area contributed by atoms with Gasteiger partial charge in [-0.15, -0.1) is 11.3 Å². The van der Waals surface area contributed by atoms with Gasteiger partial charge in [0.2, 0.25) is 6.79 Å². The highest BCUT2D eigenvalue weighted by atomic mass is 32.1. The number of ether oxygens (including phenoxy) is 2. The Kier molecular flexibility index (Phi) is 4.07. The summed E-state index contributed by atoms with van der Waals surface area (Å²) in [6.07, 6.45) is 3.52. The van der Waals surface area contributed by atoms with Crippen LogP contribution in [0.15, 0.2) is 42.7 Å². The van der Waals surface area contributed by atoms with Gasteiger partial charge in [0.15, 0.2) is 11.5 Å². The van der Waals surface area contributed by atoms with E-state index in [2.05, 4.69) is 15.3 Å². The summed E-state index contributed by atoms with van der Waals surface area (Å²) in [7, 11) is 0. The van der Waals surface area contributed by atoms with Crippen LogP contribution in [0.2, 0.25) is 0 Å². The van der Waals surface area contributed by atoms with E-state index in [-0.39, 0.29) is 12.7 Å². The van der Waals surface area contributed by atoms with E-state index < -0.39 is 0 Å². The van der Waals surface area contributed by atoms with E-state index in [9.17, 15) is 4.79 Å². The predicted octanol–water partition coefficient (Wildman–Crippen LogP) is 3.17. The largest absolute Gasteiger partial charge is 0.454 e. The van der Waals surface area contributed by atoms with Crippen molar-refractivity contribution in [2.24, 2.45) is 0 Å². The molecule has 126 valence electrons. The Morgan fingerprint density at radius 2 is 2.16 bits per heavy atom. The SMILES string of the molecule is Cc1nc(-c2cccnc2)sc1CNC(=O)c1ccc2c(c1)OCO2. The molecule has 3 aromatic rings. The summed E-state index contributed by atoms with van der Waals surface area (Å²) in [6.45, 7) is 2.56. The molecule has 6 nitrogen and oxygen atoms in total.